The van der Waals surface area contributed by atoms with Crippen LogP contribution in [0.5, 0.6) is 0 Å². The van der Waals surface area contributed by atoms with Gasteiger partial charge in [-0.25, -0.2) is 4.79 Å². The van der Waals surface area contributed by atoms with Crippen LogP contribution in [0.4, 0.5) is 4.79 Å². The number of amides is 1. The smallest absolute Gasteiger partial charge is 0.407 e. The second-order valence-electron chi connectivity index (χ2n) is 3.78. The summed E-state index contributed by atoms with van der Waals surface area (Å²) in [7, 11) is 1.40. The molecule has 0 spiro atoms. The highest BCUT2D eigenvalue weighted by atomic mass is 16.5. The van der Waals surface area contributed by atoms with Crippen LogP contribution in [0.3, 0.4) is 0 Å². The van der Waals surface area contributed by atoms with Crippen LogP contribution < -0.4 is 5.32 Å². The Morgan fingerprint density at radius 2 is 2.08 bits per heavy atom. The lowest BCUT2D eigenvalue weighted by atomic mass is 9.69. The molecule has 12 heavy (non-hydrogen) atoms. The van der Waals surface area contributed by atoms with E-state index in [4.69, 9.17) is 0 Å². The van der Waals surface area contributed by atoms with Crippen LogP contribution in [0.15, 0.2) is 0 Å². The van der Waals surface area contributed by atoms with Crippen molar-refractivity contribution in [3.63, 3.8) is 0 Å². The fourth-order valence-electron chi connectivity index (χ4n) is 1.66. The molecule has 0 unspecified atom stereocenters. The summed E-state index contributed by atoms with van der Waals surface area (Å²) in [5.74, 6) is 0.491. The van der Waals surface area contributed by atoms with Gasteiger partial charge in [-0.1, -0.05) is 13.8 Å². The standard InChI is InChI=1S/C9H17NO2/c1-7(2)9(5-4-6-9)10-8(11)12-3/h7H,4-6H2,1-3H3,(H,10,11). The van der Waals surface area contributed by atoms with Crippen molar-refractivity contribution in [2.24, 2.45) is 5.92 Å². The molecule has 0 aliphatic heterocycles. The molecule has 0 saturated heterocycles. The van der Waals surface area contributed by atoms with E-state index in [0.717, 1.165) is 12.8 Å². The normalized spacial score (nSPS) is 20.0. The number of alkyl carbamates (subject to hydrolysis) is 1. The molecule has 0 atom stereocenters. The van der Waals surface area contributed by atoms with Crippen molar-refractivity contribution in [1.29, 1.82) is 0 Å². The molecule has 0 radical (unpaired) electrons. The van der Waals surface area contributed by atoms with E-state index in [-0.39, 0.29) is 11.6 Å². The summed E-state index contributed by atoms with van der Waals surface area (Å²) >= 11 is 0. The topological polar surface area (TPSA) is 38.3 Å². The van der Waals surface area contributed by atoms with Crippen molar-refractivity contribution in [2.75, 3.05) is 7.11 Å². The summed E-state index contributed by atoms with van der Waals surface area (Å²) in [6.07, 6.45) is 3.07. The SMILES string of the molecule is COC(=O)NC1(C(C)C)CCC1. The second-order valence-corrected chi connectivity index (χ2v) is 3.78. The van der Waals surface area contributed by atoms with Gasteiger partial charge < -0.3 is 10.1 Å². The first kappa shape index (κ1) is 9.36. The predicted octanol–water partition coefficient (Wildman–Crippen LogP) is 1.92. The van der Waals surface area contributed by atoms with Crippen LogP contribution in [0, 0.1) is 5.92 Å². The van der Waals surface area contributed by atoms with Crippen molar-refractivity contribution < 1.29 is 9.53 Å². The van der Waals surface area contributed by atoms with Crippen molar-refractivity contribution in [1.82, 2.24) is 5.32 Å². The molecule has 0 aromatic carbocycles. The number of carbonyl (C=O) groups excluding carboxylic acids is 1. The largest absolute Gasteiger partial charge is 0.453 e. The third-order valence-corrected chi connectivity index (χ3v) is 2.89. The maximum absolute atomic E-state index is 11.0. The highest BCUT2D eigenvalue weighted by Crippen LogP contribution is 2.38. The van der Waals surface area contributed by atoms with Gasteiger partial charge in [0.25, 0.3) is 0 Å². The predicted molar refractivity (Wildman–Crippen MR) is 47.0 cm³/mol. The van der Waals surface area contributed by atoms with Gasteiger partial charge in [-0.05, 0) is 25.2 Å². The van der Waals surface area contributed by atoms with Gasteiger partial charge in [0.1, 0.15) is 0 Å². The van der Waals surface area contributed by atoms with Crippen LogP contribution in [0.25, 0.3) is 0 Å². The summed E-state index contributed by atoms with van der Waals surface area (Å²) in [5.41, 5.74) is 0.0209. The van der Waals surface area contributed by atoms with Gasteiger partial charge in [0.05, 0.1) is 7.11 Å². The molecule has 1 N–H and O–H groups in total. The minimum absolute atomic E-state index is 0.0209. The van der Waals surface area contributed by atoms with E-state index in [1.54, 1.807) is 0 Å². The third kappa shape index (κ3) is 1.54. The fourth-order valence-corrected chi connectivity index (χ4v) is 1.66. The summed E-state index contributed by atoms with van der Waals surface area (Å²) in [6.45, 7) is 4.27. The van der Waals surface area contributed by atoms with Crippen molar-refractivity contribution in [3.8, 4) is 0 Å². The minimum atomic E-state index is -0.302. The maximum Gasteiger partial charge on any atom is 0.407 e. The van der Waals surface area contributed by atoms with E-state index in [9.17, 15) is 4.79 Å². The first-order valence-corrected chi connectivity index (χ1v) is 4.47. The Kier molecular flexibility index (Phi) is 2.60. The molecule has 3 nitrogen and oxygen atoms in total. The van der Waals surface area contributed by atoms with Gasteiger partial charge in [-0.3, -0.25) is 0 Å². The number of methoxy groups -OCH3 is 1. The zero-order chi connectivity index (χ0) is 9.19. The zero-order valence-corrected chi connectivity index (χ0v) is 8.02. The third-order valence-electron chi connectivity index (χ3n) is 2.89. The van der Waals surface area contributed by atoms with Gasteiger partial charge in [-0.2, -0.15) is 0 Å². The molecule has 0 heterocycles. The Labute approximate surface area is 73.5 Å². The molecular formula is C9H17NO2. The number of hydrogen-bond acceptors (Lipinski definition) is 2. The molecule has 1 aliphatic rings. The van der Waals surface area contributed by atoms with Crippen molar-refractivity contribution >= 4 is 6.09 Å². The maximum atomic E-state index is 11.0. The van der Waals surface area contributed by atoms with Gasteiger partial charge in [-0.15, -0.1) is 0 Å². The Balaban J connectivity index is 2.50. The van der Waals surface area contributed by atoms with Crippen LogP contribution in [-0.4, -0.2) is 18.7 Å². The van der Waals surface area contributed by atoms with E-state index < -0.39 is 0 Å². The lowest BCUT2D eigenvalue weighted by Gasteiger charge is -2.45. The van der Waals surface area contributed by atoms with E-state index in [0.29, 0.717) is 5.92 Å². The first-order valence-electron chi connectivity index (χ1n) is 4.47. The van der Waals surface area contributed by atoms with Crippen molar-refractivity contribution in [3.05, 3.63) is 0 Å². The molecule has 0 aromatic rings. The van der Waals surface area contributed by atoms with E-state index >= 15 is 0 Å². The molecule has 3 heteroatoms. The number of hydrogen-bond donors (Lipinski definition) is 1. The molecule has 1 fully saturated rings. The van der Waals surface area contributed by atoms with Crippen LogP contribution >= 0.6 is 0 Å². The molecular weight excluding hydrogens is 154 g/mol. The Morgan fingerprint density at radius 1 is 1.50 bits per heavy atom. The monoisotopic (exact) mass is 171 g/mol. The Hall–Kier alpha value is -0.730. The minimum Gasteiger partial charge on any atom is -0.453 e. The summed E-state index contributed by atoms with van der Waals surface area (Å²) in [5, 5.41) is 2.92. The van der Waals surface area contributed by atoms with Gasteiger partial charge in [0.2, 0.25) is 0 Å². The van der Waals surface area contributed by atoms with Crippen LogP contribution in [0.1, 0.15) is 33.1 Å². The van der Waals surface area contributed by atoms with Crippen LogP contribution in [0.2, 0.25) is 0 Å². The second kappa shape index (κ2) is 3.33. The molecule has 1 rings (SSSR count). The Bertz CT molecular complexity index is 173. The zero-order valence-electron chi connectivity index (χ0n) is 8.02. The van der Waals surface area contributed by atoms with Crippen molar-refractivity contribution in [2.45, 2.75) is 38.6 Å². The number of carbonyl (C=O) groups is 1. The fraction of sp³-hybridized carbons (Fsp3) is 0.889. The molecule has 1 amide bonds. The molecule has 0 aromatic heterocycles. The average Bonchev–Trinajstić information content (AvgIpc) is 1.95. The average molecular weight is 171 g/mol. The van der Waals surface area contributed by atoms with E-state index in [1.807, 2.05) is 0 Å². The summed E-state index contributed by atoms with van der Waals surface area (Å²) in [6, 6.07) is 0. The van der Waals surface area contributed by atoms with Crippen LogP contribution in [-0.2, 0) is 4.74 Å². The van der Waals surface area contributed by atoms with Gasteiger partial charge >= 0.3 is 6.09 Å². The Morgan fingerprint density at radius 3 is 2.33 bits per heavy atom. The lowest BCUT2D eigenvalue weighted by molar-refractivity contribution is 0.0990. The number of ether oxygens (including phenoxy) is 1. The number of nitrogens with one attached hydrogen (secondary N) is 1. The van der Waals surface area contributed by atoms with Gasteiger partial charge in [0.15, 0.2) is 0 Å². The summed E-state index contributed by atoms with van der Waals surface area (Å²) in [4.78, 5) is 11.0. The molecule has 70 valence electrons. The highest BCUT2D eigenvalue weighted by Gasteiger charge is 2.41. The van der Waals surface area contributed by atoms with Gasteiger partial charge in [0, 0.05) is 5.54 Å². The lowest BCUT2D eigenvalue weighted by Crippen LogP contribution is -2.57. The highest BCUT2D eigenvalue weighted by molar-refractivity contribution is 5.68. The molecule has 1 aliphatic carbocycles. The van der Waals surface area contributed by atoms with E-state index in [1.165, 1.54) is 13.5 Å². The number of rotatable bonds is 2. The van der Waals surface area contributed by atoms with E-state index in [2.05, 4.69) is 23.9 Å². The molecule has 1 saturated carbocycles. The molecule has 0 bridgehead atoms. The first-order chi connectivity index (χ1) is 5.60. The summed E-state index contributed by atoms with van der Waals surface area (Å²) < 4.78 is 4.58. The quantitative estimate of drug-likeness (QED) is 0.689.